The Morgan fingerprint density at radius 3 is 2.32 bits per heavy atom. The highest BCUT2D eigenvalue weighted by atomic mass is 32.2. The summed E-state index contributed by atoms with van der Waals surface area (Å²) >= 11 is 0. The van der Waals surface area contributed by atoms with Crippen LogP contribution in [0, 0.1) is 6.92 Å². The first-order chi connectivity index (χ1) is 13.5. The van der Waals surface area contributed by atoms with E-state index in [1.807, 2.05) is 56.4 Å². The van der Waals surface area contributed by atoms with Crippen LogP contribution >= 0.6 is 0 Å². The van der Waals surface area contributed by atoms with Crippen molar-refractivity contribution in [1.29, 1.82) is 0 Å². The van der Waals surface area contributed by atoms with Crippen molar-refractivity contribution in [2.45, 2.75) is 30.7 Å². The predicted octanol–water partition coefficient (Wildman–Crippen LogP) is 4.06. The van der Waals surface area contributed by atoms with Gasteiger partial charge in [-0.2, -0.15) is 4.72 Å². The van der Waals surface area contributed by atoms with Gasteiger partial charge in [0.2, 0.25) is 10.0 Å². The highest BCUT2D eigenvalue weighted by molar-refractivity contribution is 7.89. The zero-order valence-corrected chi connectivity index (χ0v) is 16.9. The molecule has 1 N–H and O–H groups in total. The van der Waals surface area contributed by atoms with Gasteiger partial charge in [0.25, 0.3) is 0 Å². The van der Waals surface area contributed by atoms with Crippen LogP contribution in [-0.2, 0) is 29.9 Å². The summed E-state index contributed by atoms with van der Waals surface area (Å²) in [6.07, 6.45) is 6.09. The maximum atomic E-state index is 13.1. The fourth-order valence-corrected chi connectivity index (χ4v) is 4.94. The topological polar surface area (TPSA) is 51.1 Å². The van der Waals surface area contributed by atoms with Crippen LogP contribution in [0.5, 0.6) is 0 Å². The van der Waals surface area contributed by atoms with Gasteiger partial charge in [0.15, 0.2) is 0 Å². The minimum absolute atomic E-state index is 0.277. The highest BCUT2D eigenvalue weighted by Gasteiger charge is 2.27. The average molecular weight is 393 g/mol. The second-order valence-corrected chi connectivity index (χ2v) is 8.97. The van der Waals surface area contributed by atoms with Crippen molar-refractivity contribution in [3.63, 3.8) is 0 Å². The number of aryl methyl sites for hydroxylation is 1. The van der Waals surface area contributed by atoms with Crippen LogP contribution < -0.4 is 4.72 Å². The smallest absolute Gasteiger partial charge is 0.241 e. The van der Waals surface area contributed by atoms with E-state index in [4.69, 9.17) is 0 Å². The lowest BCUT2D eigenvalue weighted by Crippen LogP contribution is -2.30. The SMILES string of the molecule is Cc1ccc(S(=O)(=O)NC(c2ccccc2)c2cc3c(n2C)CC=CC3)cc1. The number of nitrogens with one attached hydrogen (secondary N) is 1. The van der Waals surface area contributed by atoms with Gasteiger partial charge in [-0.25, -0.2) is 8.42 Å². The molecule has 0 saturated carbocycles. The highest BCUT2D eigenvalue weighted by Crippen LogP contribution is 2.30. The van der Waals surface area contributed by atoms with Crippen LogP contribution in [0.2, 0.25) is 0 Å². The molecule has 4 rings (SSSR count). The molecule has 1 heterocycles. The Kier molecular flexibility index (Phi) is 4.96. The molecule has 0 bridgehead atoms. The quantitative estimate of drug-likeness (QED) is 0.666. The lowest BCUT2D eigenvalue weighted by molar-refractivity contribution is 0.565. The maximum absolute atomic E-state index is 13.1. The molecule has 0 radical (unpaired) electrons. The van der Waals surface area contributed by atoms with E-state index in [0.29, 0.717) is 0 Å². The first-order valence-electron chi connectivity index (χ1n) is 9.42. The lowest BCUT2D eigenvalue weighted by atomic mass is 10.0. The summed E-state index contributed by atoms with van der Waals surface area (Å²) in [7, 11) is -1.65. The third-order valence-electron chi connectivity index (χ3n) is 5.33. The Morgan fingerprint density at radius 1 is 0.964 bits per heavy atom. The number of rotatable bonds is 5. The predicted molar refractivity (Wildman–Crippen MR) is 112 cm³/mol. The average Bonchev–Trinajstić information content (AvgIpc) is 3.04. The third-order valence-corrected chi connectivity index (χ3v) is 6.77. The molecule has 3 aromatic rings. The molecule has 4 nitrogen and oxygen atoms in total. The summed E-state index contributed by atoms with van der Waals surface area (Å²) in [5, 5.41) is 0. The van der Waals surface area contributed by atoms with Gasteiger partial charge < -0.3 is 4.57 Å². The number of fused-ring (bicyclic) bond motifs is 1. The molecule has 0 spiro atoms. The number of aromatic nitrogens is 1. The van der Waals surface area contributed by atoms with Crippen LogP contribution in [0.1, 0.15) is 34.1 Å². The van der Waals surface area contributed by atoms with Gasteiger partial charge in [0.05, 0.1) is 10.9 Å². The summed E-state index contributed by atoms with van der Waals surface area (Å²) in [4.78, 5) is 0.277. The molecule has 28 heavy (non-hydrogen) atoms. The van der Waals surface area contributed by atoms with Gasteiger partial charge in [0, 0.05) is 24.9 Å². The van der Waals surface area contributed by atoms with E-state index in [1.165, 1.54) is 11.3 Å². The molecule has 1 aliphatic rings. The molecular weight excluding hydrogens is 368 g/mol. The van der Waals surface area contributed by atoms with Gasteiger partial charge in [-0.05, 0) is 42.7 Å². The van der Waals surface area contributed by atoms with Crippen molar-refractivity contribution in [1.82, 2.24) is 9.29 Å². The van der Waals surface area contributed by atoms with E-state index in [1.54, 1.807) is 12.1 Å². The second-order valence-electron chi connectivity index (χ2n) is 7.26. The minimum atomic E-state index is -3.67. The van der Waals surface area contributed by atoms with Gasteiger partial charge in [-0.3, -0.25) is 0 Å². The van der Waals surface area contributed by atoms with Gasteiger partial charge in [-0.15, -0.1) is 0 Å². The maximum Gasteiger partial charge on any atom is 0.241 e. The molecule has 1 unspecified atom stereocenters. The summed E-state index contributed by atoms with van der Waals surface area (Å²) in [6, 6.07) is 18.4. The zero-order valence-electron chi connectivity index (χ0n) is 16.1. The Hall–Kier alpha value is -2.63. The van der Waals surface area contributed by atoms with E-state index in [0.717, 1.165) is 29.7 Å². The van der Waals surface area contributed by atoms with Crippen LogP contribution in [0.3, 0.4) is 0 Å². The number of nitrogens with zero attached hydrogens (tertiary/aromatic N) is 1. The van der Waals surface area contributed by atoms with Crippen LogP contribution in [0.15, 0.2) is 77.7 Å². The van der Waals surface area contributed by atoms with E-state index in [2.05, 4.69) is 27.5 Å². The van der Waals surface area contributed by atoms with E-state index in [-0.39, 0.29) is 4.90 Å². The summed E-state index contributed by atoms with van der Waals surface area (Å²) in [6.45, 7) is 1.94. The Morgan fingerprint density at radius 2 is 1.64 bits per heavy atom. The number of hydrogen-bond acceptors (Lipinski definition) is 2. The first-order valence-corrected chi connectivity index (χ1v) is 10.9. The number of hydrogen-bond donors (Lipinski definition) is 1. The molecule has 1 atom stereocenters. The van der Waals surface area contributed by atoms with Gasteiger partial charge >= 0.3 is 0 Å². The Labute approximate surface area is 166 Å². The Bertz CT molecular complexity index is 1110. The molecule has 0 amide bonds. The van der Waals surface area contributed by atoms with Crippen molar-refractivity contribution >= 4 is 10.0 Å². The fraction of sp³-hybridized carbons (Fsp3) is 0.217. The van der Waals surface area contributed by atoms with Crippen molar-refractivity contribution in [2.75, 3.05) is 0 Å². The van der Waals surface area contributed by atoms with E-state index < -0.39 is 16.1 Å². The monoisotopic (exact) mass is 392 g/mol. The standard InChI is InChI=1S/C23H24N2O2S/c1-17-12-14-20(15-13-17)28(26,27)24-23(18-8-4-3-5-9-18)22-16-19-10-6-7-11-21(19)25(22)2/h3-9,12-16,23-24H,10-11H2,1-2H3. The van der Waals surface area contributed by atoms with Crippen molar-refractivity contribution in [2.24, 2.45) is 7.05 Å². The van der Waals surface area contributed by atoms with E-state index in [9.17, 15) is 8.42 Å². The molecule has 2 aromatic carbocycles. The molecular formula is C23H24N2O2S. The molecule has 1 aliphatic carbocycles. The minimum Gasteiger partial charge on any atom is -0.349 e. The zero-order chi connectivity index (χ0) is 19.7. The van der Waals surface area contributed by atoms with Crippen molar-refractivity contribution < 1.29 is 8.42 Å². The van der Waals surface area contributed by atoms with Gasteiger partial charge in [-0.1, -0.05) is 60.2 Å². The van der Waals surface area contributed by atoms with Crippen molar-refractivity contribution in [3.8, 4) is 0 Å². The van der Waals surface area contributed by atoms with Gasteiger partial charge in [0.1, 0.15) is 0 Å². The van der Waals surface area contributed by atoms with Crippen molar-refractivity contribution in [3.05, 3.63) is 101 Å². The second kappa shape index (κ2) is 7.41. The summed E-state index contributed by atoms with van der Waals surface area (Å²) in [5.74, 6) is 0. The number of sulfonamides is 1. The molecule has 0 saturated heterocycles. The first kappa shape index (κ1) is 18.7. The molecule has 1 aromatic heterocycles. The lowest BCUT2D eigenvalue weighted by Gasteiger charge is -2.21. The summed E-state index contributed by atoms with van der Waals surface area (Å²) < 4.78 is 31.3. The number of benzene rings is 2. The molecule has 0 fully saturated rings. The van der Waals surface area contributed by atoms with Crippen LogP contribution in [-0.4, -0.2) is 13.0 Å². The fourth-order valence-electron chi connectivity index (χ4n) is 3.74. The largest absolute Gasteiger partial charge is 0.349 e. The molecule has 144 valence electrons. The van der Waals surface area contributed by atoms with Crippen LogP contribution in [0.25, 0.3) is 0 Å². The number of allylic oxidation sites excluding steroid dienone is 2. The normalized spacial score (nSPS) is 14.6. The van der Waals surface area contributed by atoms with Crippen LogP contribution in [0.4, 0.5) is 0 Å². The van der Waals surface area contributed by atoms with E-state index >= 15 is 0 Å². The Balaban J connectivity index is 1.77. The summed E-state index contributed by atoms with van der Waals surface area (Å²) in [5.41, 5.74) is 5.41. The molecule has 0 aliphatic heterocycles. The third kappa shape index (κ3) is 3.55. The molecule has 5 heteroatoms.